The van der Waals surface area contributed by atoms with E-state index in [1.807, 2.05) is 6.07 Å². The molecule has 1 aliphatic rings. The average molecular weight is 266 g/mol. The molecule has 1 heterocycles. The molecule has 3 nitrogen and oxygen atoms in total. The number of methoxy groups -OCH3 is 1. The molecule has 1 atom stereocenters. The van der Waals surface area contributed by atoms with Gasteiger partial charge in [-0.3, -0.25) is 0 Å². The summed E-state index contributed by atoms with van der Waals surface area (Å²) >= 11 is 0. The van der Waals surface area contributed by atoms with Crippen LogP contribution in [0.3, 0.4) is 0 Å². The molecule has 0 aliphatic carbocycles. The lowest BCUT2D eigenvalue weighted by Crippen LogP contribution is -2.27. The van der Waals surface area contributed by atoms with E-state index < -0.39 is 0 Å². The third-order valence-electron chi connectivity index (χ3n) is 3.84. The van der Waals surface area contributed by atoms with E-state index in [4.69, 9.17) is 10.5 Å². The third kappa shape index (κ3) is 3.67. The number of nitrogens with zero attached hydrogens (tertiary/aromatic N) is 1. The van der Waals surface area contributed by atoms with Gasteiger partial charge in [0, 0.05) is 6.54 Å². The van der Waals surface area contributed by atoms with Crippen molar-refractivity contribution in [2.75, 3.05) is 33.3 Å². The maximum atomic E-state index is 13.8. The van der Waals surface area contributed by atoms with Crippen LogP contribution in [0.2, 0.25) is 0 Å². The highest BCUT2D eigenvalue weighted by Gasteiger charge is 2.19. The minimum absolute atomic E-state index is 0.288. The Morgan fingerprint density at radius 3 is 2.68 bits per heavy atom. The number of hydrogen-bond donors (Lipinski definition) is 1. The summed E-state index contributed by atoms with van der Waals surface area (Å²) in [7, 11) is 1.49. The predicted octanol–water partition coefficient (Wildman–Crippen LogP) is 2.36. The molecule has 0 radical (unpaired) electrons. The second kappa shape index (κ2) is 6.87. The summed E-state index contributed by atoms with van der Waals surface area (Å²) in [6.45, 7) is 3.91. The molecule has 106 valence electrons. The fourth-order valence-corrected chi connectivity index (χ4v) is 2.78. The number of likely N-dealkylation sites (tertiary alicyclic amines) is 1. The van der Waals surface area contributed by atoms with Gasteiger partial charge in [0.2, 0.25) is 0 Å². The topological polar surface area (TPSA) is 38.5 Å². The van der Waals surface area contributed by atoms with Crippen LogP contribution in [0.25, 0.3) is 0 Å². The van der Waals surface area contributed by atoms with Gasteiger partial charge in [0.1, 0.15) is 0 Å². The number of hydrogen-bond acceptors (Lipinski definition) is 3. The van der Waals surface area contributed by atoms with Gasteiger partial charge in [0.05, 0.1) is 7.11 Å². The lowest BCUT2D eigenvalue weighted by Gasteiger charge is -2.23. The van der Waals surface area contributed by atoms with Gasteiger partial charge in [-0.2, -0.15) is 0 Å². The molecule has 2 N–H and O–H groups in total. The van der Waals surface area contributed by atoms with Crippen molar-refractivity contribution in [2.24, 2.45) is 5.73 Å². The van der Waals surface area contributed by atoms with Gasteiger partial charge in [-0.25, -0.2) is 4.39 Å². The monoisotopic (exact) mass is 266 g/mol. The van der Waals surface area contributed by atoms with E-state index in [0.29, 0.717) is 18.2 Å². The summed E-state index contributed by atoms with van der Waals surface area (Å²) in [6, 6.07) is 5.26. The molecule has 1 fully saturated rings. The Balaban J connectivity index is 2.10. The maximum absolute atomic E-state index is 13.8. The fraction of sp³-hybridized carbons (Fsp3) is 0.600. The molecule has 1 unspecified atom stereocenters. The second-order valence-corrected chi connectivity index (χ2v) is 5.18. The molecule has 1 aromatic rings. The number of rotatable bonds is 6. The van der Waals surface area contributed by atoms with Crippen LogP contribution < -0.4 is 10.5 Å². The molecule has 1 aliphatic heterocycles. The molecule has 0 bridgehead atoms. The van der Waals surface area contributed by atoms with Gasteiger partial charge in [-0.1, -0.05) is 6.07 Å². The van der Waals surface area contributed by atoms with Crippen LogP contribution in [0, 0.1) is 5.82 Å². The Kier molecular flexibility index (Phi) is 5.16. The molecule has 0 spiro atoms. The smallest absolute Gasteiger partial charge is 0.165 e. The first-order chi connectivity index (χ1) is 9.24. The minimum atomic E-state index is -0.288. The van der Waals surface area contributed by atoms with Crippen LogP contribution in [0.4, 0.5) is 4.39 Å². The molecule has 0 saturated carbocycles. The fourth-order valence-electron chi connectivity index (χ4n) is 2.78. The minimum Gasteiger partial charge on any atom is -0.494 e. The number of benzene rings is 1. The normalized spacial score (nSPS) is 17.6. The van der Waals surface area contributed by atoms with Crippen molar-refractivity contribution in [3.05, 3.63) is 29.6 Å². The Morgan fingerprint density at radius 2 is 2.11 bits per heavy atom. The van der Waals surface area contributed by atoms with Crippen LogP contribution in [-0.4, -0.2) is 38.2 Å². The van der Waals surface area contributed by atoms with Crippen LogP contribution >= 0.6 is 0 Å². The van der Waals surface area contributed by atoms with Gasteiger partial charge >= 0.3 is 0 Å². The lowest BCUT2D eigenvalue weighted by molar-refractivity contribution is 0.308. The highest BCUT2D eigenvalue weighted by Crippen LogP contribution is 2.26. The van der Waals surface area contributed by atoms with Gasteiger partial charge in [-0.05, 0) is 62.5 Å². The van der Waals surface area contributed by atoms with E-state index in [9.17, 15) is 4.39 Å². The molecular formula is C15H23FN2O. The molecule has 4 heteroatoms. The van der Waals surface area contributed by atoms with Crippen molar-refractivity contribution in [1.82, 2.24) is 4.90 Å². The first-order valence-electron chi connectivity index (χ1n) is 7.00. The SMILES string of the molecule is COc1ccc(C(CCN)CN2CCCC2)cc1F. The van der Waals surface area contributed by atoms with Crippen molar-refractivity contribution < 1.29 is 9.13 Å². The standard InChI is InChI=1S/C15H23FN2O/c1-19-15-5-4-12(10-14(15)16)13(6-7-17)11-18-8-2-3-9-18/h4-5,10,13H,2-3,6-9,11,17H2,1H3. The summed E-state index contributed by atoms with van der Waals surface area (Å²) in [5, 5.41) is 0. The Morgan fingerprint density at radius 1 is 1.37 bits per heavy atom. The summed E-state index contributed by atoms with van der Waals surface area (Å²) in [5.74, 6) is 0.323. The highest BCUT2D eigenvalue weighted by molar-refractivity contribution is 5.31. The average Bonchev–Trinajstić information content (AvgIpc) is 2.91. The summed E-state index contributed by atoms with van der Waals surface area (Å²) < 4.78 is 18.8. The maximum Gasteiger partial charge on any atom is 0.165 e. The molecule has 0 aromatic heterocycles. The van der Waals surface area contributed by atoms with E-state index >= 15 is 0 Å². The van der Waals surface area contributed by atoms with Gasteiger partial charge < -0.3 is 15.4 Å². The Hall–Kier alpha value is -1.13. The van der Waals surface area contributed by atoms with Gasteiger partial charge in [-0.15, -0.1) is 0 Å². The van der Waals surface area contributed by atoms with Crippen LogP contribution in [0.15, 0.2) is 18.2 Å². The Bertz CT molecular complexity index is 405. The molecule has 1 aromatic carbocycles. The largest absolute Gasteiger partial charge is 0.494 e. The van der Waals surface area contributed by atoms with E-state index in [2.05, 4.69) is 4.90 Å². The predicted molar refractivity (Wildman–Crippen MR) is 75.0 cm³/mol. The van der Waals surface area contributed by atoms with Crippen LogP contribution in [0.5, 0.6) is 5.75 Å². The molecule has 19 heavy (non-hydrogen) atoms. The highest BCUT2D eigenvalue weighted by atomic mass is 19.1. The van der Waals surface area contributed by atoms with Crippen molar-refractivity contribution in [1.29, 1.82) is 0 Å². The van der Waals surface area contributed by atoms with Gasteiger partial charge in [0.25, 0.3) is 0 Å². The van der Waals surface area contributed by atoms with E-state index in [0.717, 1.165) is 31.6 Å². The number of ether oxygens (including phenoxy) is 1. The van der Waals surface area contributed by atoms with E-state index in [1.165, 1.54) is 20.0 Å². The molecule has 2 rings (SSSR count). The number of nitrogens with two attached hydrogens (primary N) is 1. The van der Waals surface area contributed by atoms with Crippen molar-refractivity contribution in [3.63, 3.8) is 0 Å². The second-order valence-electron chi connectivity index (χ2n) is 5.18. The van der Waals surface area contributed by atoms with Gasteiger partial charge in [0.15, 0.2) is 11.6 Å². The third-order valence-corrected chi connectivity index (χ3v) is 3.84. The van der Waals surface area contributed by atoms with Crippen molar-refractivity contribution in [3.8, 4) is 5.75 Å². The first kappa shape index (κ1) is 14.3. The van der Waals surface area contributed by atoms with Crippen molar-refractivity contribution >= 4 is 0 Å². The van der Waals surface area contributed by atoms with E-state index in [-0.39, 0.29) is 5.82 Å². The van der Waals surface area contributed by atoms with Crippen LogP contribution in [-0.2, 0) is 0 Å². The zero-order chi connectivity index (χ0) is 13.7. The number of halogens is 1. The summed E-state index contributed by atoms with van der Waals surface area (Å²) in [5.41, 5.74) is 6.72. The zero-order valence-corrected chi connectivity index (χ0v) is 11.6. The lowest BCUT2D eigenvalue weighted by atomic mass is 9.95. The first-order valence-corrected chi connectivity index (χ1v) is 7.00. The zero-order valence-electron chi connectivity index (χ0n) is 11.6. The van der Waals surface area contributed by atoms with Crippen LogP contribution in [0.1, 0.15) is 30.7 Å². The van der Waals surface area contributed by atoms with E-state index in [1.54, 1.807) is 12.1 Å². The summed E-state index contributed by atoms with van der Waals surface area (Å²) in [4.78, 5) is 2.45. The molecular weight excluding hydrogens is 243 g/mol. The van der Waals surface area contributed by atoms with Crippen molar-refractivity contribution in [2.45, 2.75) is 25.2 Å². The summed E-state index contributed by atoms with van der Waals surface area (Å²) in [6.07, 6.45) is 3.43. The molecule has 1 saturated heterocycles. The molecule has 0 amide bonds. The quantitative estimate of drug-likeness (QED) is 0.859. The Labute approximate surface area is 114 Å².